The van der Waals surface area contributed by atoms with Crippen LogP contribution < -0.4 is 0 Å². The van der Waals surface area contributed by atoms with Gasteiger partial charge in [-0.05, 0) is 30.5 Å². The van der Waals surface area contributed by atoms with Crippen LogP contribution in [0.15, 0.2) is 60.2 Å². The van der Waals surface area contributed by atoms with Crippen molar-refractivity contribution in [3.8, 4) is 5.75 Å². The molecule has 2 aliphatic heterocycles. The summed E-state index contributed by atoms with van der Waals surface area (Å²) in [6.07, 6.45) is 1.58. The van der Waals surface area contributed by atoms with Crippen LogP contribution in [-0.4, -0.2) is 46.1 Å². The van der Waals surface area contributed by atoms with E-state index in [0.717, 1.165) is 12.8 Å². The molecule has 28 heavy (non-hydrogen) atoms. The number of ketones is 1. The Morgan fingerprint density at radius 2 is 1.89 bits per heavy atom. The van der Waals surface area contributed by atoms with Crippen molar-refractivity contribution >= 4 is 17.4 Å². The molecule has 2 heterocycles. The van der Waals surface area contributed by atoms with Crippen LogP contribution >= 0.6 is 0 Å². The Kier molecular flexibility index (Phi) is 4.88. The fourth-order valence-electron chi connectivity index (χ4n) is 3.87. The van der Waals surface area contributed by atoms with Gasteiger partial charge in [-0.15, -0.1) is 0 Å². The number of ether oxygens (including phenoxy) is 1. The molecule has 4 rings (SSSR count). The average Bonchev–Trinajstić information content (AvgIpc) is 3.30. The third-order valence-electron chi connectivity index (χ3n) is 5.20. The van der Waals surface area contributed by atoms with Crippen LogP contribution in [0.1, 0.15) is 30.0 Å². The van der Waals surface area contributed by atoms with Gasteiger partial charge in [-0.3, -0.25) is 9.59 Å². The van der Waals surface area contributed by atoms with E-state index in [1.807, 2.05) is 0 Å². The summed E-state index contributed by atoms with van der Waals surface area (Å²) in [4.78, 5) is 27.1. The molecule has 2 unspecified atom stereocenters. The molecule has 0 spiro atoms. The van der Waals surface area contributed by atoms with Crippen molar-refractivity contribution in [3.63, 3.8) is 0 Å². The highest BCUT2D eigenvalue weighted by atomic mass is 16.5. The van der Waals surface area contributed by atoms with E-state index >= 15 is 0 Å². The van der Waals surface area contributed by atoms with Crippen molar-refractivity contribution in [1.82, 2.24) is 4.90 Å². The van der Waals surface area contributed by atoms with Crippen molar-refractivity contribution in [2.75, 3.05) is 13.2 Å². The zero-order chi connectivity index (χ0) is 19.7. The molecule has 2 aliphatic rings. The minimum Gasteiger partial charge on any atom is -0.508 e. The number of phenols is 1. The van der Waals surface area contributed by atoms with Crippen molar-refractivity contribution in [3.05, 3.63) is 71.3 Å². The zero-order valence-corrected chi connectivity index (χ0v) is 15.2. The van der Waals surface area contributed by atoms with Gasteiger partial charge in [-0.1, -0.05) is 42.5 Å². The largest absolute Gasteiger partial charge is 0.508 e. The molecular weight excluding hydrogens is 358 g/mol. The number of hydrogen-bond acceptors (Lipinski definition) is 5. The van der Waals surface area contributed by atoms with E-state index in [2.05, 4.69) is 0 Å². The van der Waals surface area contributed by atoms with Gasteiger partial charge in [0.25, 0.3) is 11.7 Å². The van der Waals surface area contributed by atoms with Gasteiger partial charge in [0, 0.05) is 18.7 Å². The lowest BCUT2D eigenvalue weighted by Crippen LogP contribution is -2.36. The molecule has 2 aromatic rings. The fraction of sp³-hybridized carbons (Fsp3) is 0.273. The standard InChI is InChI=1S/C22H21NO5/c24-16-9-4-8-15(12-16)19-18(20(25)14-6-2-1-3-7-14)21(26)22(27)23(19)13-17-10-5-11-28-17/h1-4,6-9,12,17,19,24-25H,5,10-11,13H2. The Labute approximate surface area is 162 Å². The number of likely N-dealkylation sites (tertiary alicyclic amines) is 1. The van der Waals surface area contributed by atoms with Crippen molar-refractivity contribution in [1.29, 1.82) is 0 Å². The van der Waals surface area contributed by atoms with Crippen LogP contribution in [0.4, 0.5) is 0 Å². The van der Waals surface area contributed by atoms with E-state index in [0.29, 0.717) is 17.7 Å². The third kappa shape index (κ3) is 3.27. The summed E-state index contributed by atoms with van der Waals surface area (Å²) in [5, 5.41) is 20.8. The lowest BCUT2D eigenvalue weighted by atomic mass is 9.95. The highest BCUT2D eigenvalue weighted by Crippen LogP contribution is 2.40. The summed E-state index contributed by atoms with van der Waals surface area (Å²) < 4.78 is 5.65. The number of hydrogen-bond donors (Lipinski definition) is 2. The number of phenolic OH excluding ortho intramolecular Hbond substituents is 1. The molecule has 0 bridgehead atoms. The number of carbonyl (C=O) groups excluding carboxylic acids is 2. The van der Waals surface area contributed by atoms with Gasteiger partial charge in [-0.2, -0.15) is 0 Å². The molecule has 2 fully saturated rings. The molecule has 1 amide bonds. The monoisotopic (exact) mass is 379 g/mol. The smallest absolute Gasteiger partial charge is 0.295 e. The number of aromatic hydroxyl groups is 1. The van der Waals surface area contributed by atoms with E-state index in [1.54, 1.807) is 42.5 Å². The molecule has 0 aromatic heterocycles. The number of Topliss-reactive ketones (excluding diaryl/α,β-unsaturated/α-hetero) is 1. The fourth-order valence-corrected chi connectivity index (χ4v) is 3.87. The summed E-state index contributed by atoms with van der Waals surface area (Å²) in [6.45, 7) is 0.895. The minimum absolute atomic E-state index is 0.0276. The SMILES string of the molecule is O=C1C(=O)N(CC2CCCO2)C(c2cccc(O)c2)C1=C(O)c1ccccc1. The molecule has 6 nitrogen and oxygen atoms in total. The number of aliphatic hydroxyl groups excluding tert-OH is 1. The maximum atomic E-state index is 12.9. The van der Waals surface area contributed by atoms with E-state index < -0.39 is 17.7 Å². The molecular formula is C22H21NO5. The quantitative estimate of drug-likeness (QED) is 0.484. The van der Waals surface area contributed by atoms with Crippen molar-refractivity contribution < 1.29 is 24.5 Å². The normalized spacial score (nSPS) is 24.1. The summed E-state index contributed by atoms with van der Waals surface area (Å²) >= 11 is 0. The van der Waals surface area contributed by atoms with E-state index in [-0.39, 0.29) is 29.7 Å². The van der Waals surface area contributed by atoms with Crippen molar-refractivity contribution in [2.24, 2.45) is 0 Å². The van der Waals surface area contributed by atoms with Gasteiger partial charge in [0.2, 0.25) is 0 Å². The highest BCUT2D eigenvalue weighted by molar-refractivity contribution is 6.46. The first-order valence-electron chi connectivity index (χ1n) is 9.30. The van der Waals surface area contributed by atoms with Gasteiger partial charge < -0.3 is 19.8 Å². The Balaban J connectivity index is 1.83. The second kappa shape index (κ2) is 7.48. The van der Waals surface area contributed by atoms with Gasteiger partial charge >= 0.3 is 0 Å². The number of nitrogens with zero attached hydrogens (tertiary/aromatic N) is 1. The lowest BCUT2D eigenvalue weighted by molar-refractivity contribution is -0.140. The van der Waals surface area contributed by atoms with Crippen LogP contribution in [0, 0.1) is 0 Å². The summed E-state index contributed by atoms with van der Waals surface area (Å²) in [5.74, 6) is -1.59. The van der Waals surface area contributed by atoms with Crippen molar-refractivity contribution in [2.45, 2.75) is 25.0 Å². The molecule has 2 N–H and O–H groups in total. The summed E-state index contributed by atoms with van der Waals surface area (Å²) in [7, 11) is 0. The van der Waals surface area contributed by atoms with Gasteiger partial charge in [-0.25, -0.2) is 0 Å². The van der Waals surface area contributed by atoms with Gasteiger partial charge in [0.05, 0.1) is 17.7 Å². The Morgan fingerprint density at radius 3 is 2.57 bits per heavy atom. The molecule has 6 heteroatoms. The molecule has 2 atom stereocenters. The first-order chi connectivity index (χ1) is 13.6. The van der Waals surface area contributed by atoms with Crippen LogP contribution in [0.3, 0.4) is 0 Å². The second-order valence-corrected chi connectivity index (χ2v) is 7.05. The third-order valence-corrected chi connectivity index (χ3v) is 5.20. The van der Waals surface area contributed by atoms with E-state index in [4.69, 9.17) is 4.74 Å². The number of amides is 1. The number of aliphatic hydroxyl groups is 1. The Morgan fingerprint density at radius 1 is 1.11 bits per heavy atom. The molecule has 0 aliphatic carbocycles. The van der Waals surface area contributed by atoms with E-state index in [1.165, 1.54) is 17.0 Å². The van der Waals surface area contributed by atoms with Crippen LogP contribution in [0.5, 0.6) is 5.75 Å². The zero-order valence-electron chi connectivity index (χ0n) is 15.2. The number of benzene rings is 2. The number of carbonyl (C=O) groups is 2. The molecule has 0 saturated carbocycles. The summed E-state index contributed by atoms with van der Waals surface area (Å²) in [5.41, 5.74) is 1.05. The van der Waals surface area contributed by atoms with Gasteiger partial charge in [0.15, 0.2) is 0 Å². The Bertz CT molecular complexity index is 931. The van der Waals surface area contributed by atoms with E-state index in [9.17, 15) is 19.8 Å². The Hall–Kier alpha value is -3.12. The predicted molar refractivity (Wildman–Crippen MR) is 103 cm³/mol. The van der Waals surface area contributed by atoms with Crippen LogP contribution in [-0.2, 0) is 14.3 Å². The van der Waals surface area contributed by atoms with Crippen LogP contribution in [0.25, 0.3) is 5.76 Å². The first kappa shape index (κ1) is 18.3. The predicted octanol–water partition coefficient (Wildman–Crippen LogP) is 2.99. The topological polar surface area (TPSA) is 87.1 Å². The molecule has 2 saturated heterocycles. The molecule has 144 valence electrons. The van der Waals surface area contributed by atoms with Crippen LogP contribution in [0.2, 0.25) is 0 Å². The maximum absolute atomic E-state index is 12.9. The highest BCUT2D eigenvalue weighted by Gasteiger charge is 2.47. The number of rotatable bonds is 4. The lowest BCUT2D eigenvalue weighted by Gasteiger charge is -2.27. The minimum atomic E-state index is -0.781. The molecule has 2 aromatic carbocycles. The molecule has 0 radical (unpaired) electrons. The van der Waals surface area contributed by atoms with Gasteiger partial charge in [0.1, 0.15) is 11.5 Å². The second-order valence-electron chi connectivity index (χ2n) is 7.05. The summed E-state index contributed by atoms with van der Waals surface area (Å²) in [6, 6.07) is 14.3. The first-order valence-corrected chi connectivity index (χ1v) is 9.30. The average molecular weight is 379 g/mol. The maximum Gasteiger partial charge on any atom is 0.295 e.